The van der Waals surface area contributed by atoms with Crippen LogP contribution in [0.2, 0.25) is 0 Å². The number of Topliss-reactive ketones (excluding diaryl/α,β-unsaturated/α-hetero) is 1. The Hall–Kier alpha value is -1.21. The minimum atomic E-state index is -0.499. The number of carbonyl (C=O) groups excluding carboxylic acids is 1. The maximum Gasteiger partial charge on any atom is 0.261 e. The molecule has 0 N–H and O–H groups in total. The lowest BCUT2D eigenvalue weighted by atomic mass is 10.5. The lowest BCUT2D eigenvalue weighted by Gasteiger charge is -1.82. The number of ketones is 1. The predicted octanol–water partition coefficient (Wildman–Crippen LogP) is 0.663. The number of hydrogen-bond acceptors (Lipinski definition) is 3. The summed E-state index contributed by atoms with van der Waals surface area (Å²) in [5, 5.41) is 11.2. The van der Waals surface area contributed by atoms with Crippen LogP contribution in [0.3, 0.4) is 0 Å². The Morgan fingerprint density at radius 1 is 1.80 bits per heavy atom. The van der Waals surface area contributed by atoms with Crippen LogP contribution < -0.4 is 0 Å². The molecule has 0 radical (unpaired) electrons. The van der Waals surface area contributed by atoms with Crippen molar-refractivity contribution in [3.8, 4) is 6.07 Å². The molecule has 0 fully saturated rings. The molecule has 1 heterocycles. The van der Waals surface area contributed by atoms with Crippen molar-refractivity contribution in [2.45, 2.75) is 0 Å². The van der Waals surface area contributed by atoms with Gasteiger partial charge in [-0.1, -0.05) is 0 Å². The van der Waals surface area contributed by atoms with Crippen LogP contribution >= 0.6 is 10.5 Å². The van der Waals surface area contributed by atoms with E-state index in [2.05, 4.69) is 4.99 Å². The summed E-state index contributed by atoms with van der Waals surface area (Å²) in [6.45, 7) is 0. The number of rotatable bonds is 1. The molecule has 3 nitrogen and oxygen atoms in total. The van der Waals surface area contributed by atoms with Crippen LogP contribution in [0.25, 0.3) is 0 Å². The Morgan fingerprint density at radius 2 is 2.60 bits per heavy atom. The Balaban J connectivity index is 2.75. The highest BCUT2D eigenvalue weighted by Gasteiger charge is 1.95. The van der Waals surface area contributed by atoms with E-state index in [1.165, 1.54) is 11.4 Å². The van der Waals surface area contributed by atoms with Gasteiger partial charge in [0.1, 0.15) is 6.07 Å². The second-order valence-electron chi connectivity index (χ2n) is 1.54. The first-order valence-electron chi connectivity index (χ1n) is 2.52. The number of nitriles is 1. The Morgan fingerprint density at radius 3 is 3.10 bits per heavy atom. The van der Waals surface area contributed by atoms with E-state index in [0.717, 1.165) is 0 Å². The molecule has 1 atom stereocenters. The summed E-state index contributed by atoms with van der Waals surface area (Å²) in [4.78, 5) is 14.2. The monoisotopic (exact) mass is 152 g/mol. The third kappa shape index (κ3) is 1.64. The molecule has 0 aromatic rings. The van der Waals surface area contributed by atoms with E-state index < -0.39 is 5.78 Å². The van der Waals surface area contributed by atoms with Gasteiger partial charge in [-0.25, -0.2) is 0 Å². The molecule has 1 unspecified atom stereocenters. The van der Waals surface area contributed by atoms with Crippen molar-refractivity contribution in [2.75, 3.05) is 0 Å². The molecule has 0 saturated carbocycles. The van der Waals surface area contributed by atoms with Crippen molar-refractivity contribution in [3.05, 3.63) is 11.6 Å². The average molecular weight is 152 g/mol. The molecular formula is C6H4N2OS. The van der Waals surface area contributed by atoms with E-state index in [4.69, 9.17) is 5.26 Å². The zero-order chi connectivity index (χ0) is 7.40. The van der Waals surface area contributed by atoms with Crippen molar-refractivity contribution < 1.29 is 4.79 Å². The molecule has 10 heavy (non-hydrogen) atoms. The fraction of sp³-hybridized carbons (Fsp3) is 0. The van der Waals surface area contributed by atoms with Crippen molar-refractivity contribution in [2.24, 2.45) is 4.99 Å². The smallest absolute Gasteiger partial charge is 0.261 e. The van der Waals surface area contributed by atoms with E-state index in [0.29, 0.717) is 0 Å². The number of aliphatic imine (C=N–C) groups is 1. The number of hydrogen-bond donors (Lipinski definition) is 0. The van der Waals surface area contributed by atoms with Crippen molar-refractivity contribution >= 4 is 27.2 Å². The lowest BCUT2D eigenvalue weighted by molar-refractivity contribution is -0.107. The molecule has 1 rings (SSSR count). The van der Waals surface area contributed by atoms with Gasteiger partial charge in [-0.3, -0.25) is 9.79 Å². The summed E-state index contributed by atoms with van der Waals surface area (Å²) in [5.74, 6) is -0.499. The summed E-state index contributed by atoms with van der Waals surface area (Å²) in [5.41, 5.74) is 1.63. The van der Waals surface area contributed by atoms with Crippen LogP contribution in [0.5, 0.6) is 0 Å². The Kier molecular flexibility index (Phi) is 2.13. The van der Waals surface area contributed by atoms with Gasteiger partial charge in [-0.05, 0) is 5.41 Å². The van der Waals surface area contributed by atoms with Gasteiger partial charge in [0.25, 0.3) is 5.78 Å². The number of nitrogens with zero attached hydrogens (tertiary/aromatic N) is 2. The van der Waals surface area contributed by atoms with Crippen LogP contribution in [0, 0.1) is 11.3 Å². The minimum absolute atomic E-state index is 0.327. The van der Waals surface area contributed by atoms with Crippen molar-refractivity contribution in [1.82, 2.24) is 0 Å². The summed E-state index contributed by atoms with van der Waals surface area (Å²) >= 11 is 0. The molecule has 0 aliphatic carbocycles. The molecule has 50 valence electrons. The topological polar surface area (TPSA) is 53.2 Å². The van der Waals surface area contributed by atoms with Crippen LogP contribution in [0.4, 0.5) is 0 Å². The highest BCUT2D eigenvalue weighted by atomic mass is 32.2. The van der Waals surface area contributed by atoms with Gasteiger partial charge in [0.05, 0.1) is 5.55 Å². The second kappa shape index (κ2) is 3.08. The first-order chi connectivity index (χ1) is 4.83. The second-order valence-corrected chi connectivity index (χ2v) is 3.08. The third-order valence-corrected chi connectivity index (χ3v) is 2.13. The fourth-order valence-electron chi connectivity index (χ4n) is 0.466. The highest BCUT2D eigenvalue weighted by Crippen LogP contribution is 2.14. The van der Waals surface area contributed by atoms with E-state index in [-0.39, 0.29) is 10.5 Å². The number of carbonyl (C=O) groups is 1. The van der Waals surface area contributed by atoms with E-state index in [1.807, 2.05) is 0 Å². The predicted molar refractivity (Wildman–Crippen MR) is 41.9 cm³/mol. The first-order valence-corrected chi connectivity index (χ1v) is 3.94. The summed E-state index contributed by atoms with van der Waals surface area (Å²) in [7, 11) is -0.327. The third-order valence-electron chi connectivity index (χ3n) is 0.840. The minimum Gasteiger partial charge on any atom is -0.277 e. The molecule has 0 aromatic carbocycles. The average Bonchev–Trinajstić information content (AvgIpc) is 2.40. The molecule has 0 spiro atoms. The molecule has 0 amide bonds. The molecule has 0 aromatic heterocycles. The fourth-order valence-corrected chi connectivity index (χ4v) is 1.40. The van der Waals surface area contributed by atoms with Gasteiger partial charge in [0.2, 0.25) is 0 Å². The zero-order valence-corrected chi connectivity index (χ0v) is 5.84. The Labute approximate surface area is 60.6 Å². The van der Waals surface area contributed by atoms with E-state index in [9.17, 15) is 4.79 Å². The van der Waals surface area contributed by atoms with Gasteiger partial charge in [0, 0.05) is 11.6 Å². The van der Waals surface area contributed by atoms with Gasteiger partial charge < -0.3 is 0 Å². The maximum atomic E-state index is 10.5. The quantitative estimate of drug-likeness (QED) is 0.409. The SMILES string of the molecule is N#CC(=O)/C=S1/C=CN=C1. The maximum absolute atomic E-state index is 10.5. The first kappa shape index (κ1) is 6.90. The summed E-state index contributed by atoms with van der Waals surface area (Å²) in [6, 6.07) is 1.51. The van der Waals surface area contributed by atoms with Crippen molar-refractivity contribution in [3.63, 3.8) is 0 Å². The highest BCUT2D eigenvalue weighted by molar-refractivity contribution is 8.29. The van der Waals surface area contributed by atoms with Crippen molar-refractivity contribution in [1.29, 1.82) is 5.26 Å². The molecular weight excluding hydrogens is 148 g/mol. The normalized spacial score (nSPS) is 21.3. The molecule has 0 bridgehead atoms. The molecule has 1 aliphatic heterocycles. The Bertz CT molecular complexity index is 269. The van der Waals surface area contributed by atoms with Crippen LogP contribution in [-0.2, 0) is 4.79 Å². The summed E-state index contributed by atoms with van der Waals surface area (Å²) < 4.78 is 0. The van der Waals surface area contributed by atoms with Crippen LogP contribution in [0.15, 0.2) is 16.6 Å². The molecule has 4 heteroatoms. The molecule has 1 aliphatic rings. The standard InChI is InChI=1S/C6H4N2OS/c7-3-6(9)4-10-2-1-8-5-10/h1-2,4-5H. The van der Waals surface area contributed by atoms with Crippen LogP contribution in [0.1, 0.15) is 0 Å². The lowest BCUT2D eigenvalue weighted by Crippen LogP contribution is -1.92. The largest absolute Gasteiger partial charge is 0.277 e. The zero-order valence-electron chi connectivity index (χ0n) is 5.02. The van der Waals surface area contributed by atoms with Gasteiger partial charge in [-0.15, -0.1) is 10.5 Å². The molecule has 0 saturated heterocycles. The van der Waals surface area contributed by atoms with Gasteiger partial charge >= 0.3 is 0 Å². The van der Waals surface area contributed by atoms with E-state index in [1.54, 1.807) is 17.2 Å². The van der Waals surface area contributed by atoms with Crippen LogP contribution in [-0.4, -0.2) is 16.7 Å². The summed E-state index contributed by atoms with van der Waals surface area (Å²) in [6.07, 6.45) is 1.62. The van der Waals surface area contributed by atoms with E-state index >= 15 is 0 Å². The van der Waals surface area contributed by atoms with Gasteiger partial charge in [-0.2, -0.15) is 5.26 Å². The van der Waals surface area contributed by atoms with Gasteiger partial charge in [0.15, 0.2) is 0 Å².